The Balaban J connectivity index is 1.82. The number of hydrogen-bond acceptors (Lipinski definition) is 4. The Morgan fingerprint density at radius 1 is 1.14 bits per heavy atom. The molecule has 1 aromatic heterocycles. The minimum absolute atomic E-state index is 0.140. The first kappa shape index (κ1) is 19.6. The number of hydrogen-bond donors (Lipinski definition) is 0. The second-order valence-electron chi connectivity index (χ2n) is 7.13. The molecule has 0 spiro atoms. The predicted octanol–water partition coefficient (Wildman–Crippen LogP) is 3.44. The summed E-state index contributed by atoms with van der Waals surface area (Å²) in [6.45, 7) is 6.52. The minimum Gasteiger partial charge on any atom is -0.492 e. The lowest BCUT2D eigenvalue weighted by Gasteiger charge is -2.19. The molecule has 0 unspecified atom stereocenters. The quantitative estimate of drug-likeness (QED) is 0.658. The molecule has 0 aliphatic carbocycles. The number of carbonyl (C=O) groups excluding carboxylic acids is 1. The zero-order chi connectivity index (χ0) is 20.3. The number of benzene rings is 2. The van der Waals surface area contributed by atoms with Crippen molar-refractivity contribution in [3.63, 3.8) is 0 Å². The molecular weight excluding hydrogens is 354 g/mol. The van der Waals surface area contributed by atoms with Crippen LogP contribution in [0.15, 0.2) is 53.3 Å². The number of aryl methyl sites for hydroxylation is 1. The van der Waals surface area contributed by atoms with Crippen LogP contribution in [0.2, 0.25) is 0 Å². The summed E-state index contributed by atoms with van der Waals surface area (Å²) < 4.78 is 7.11. The summed E-state index contributed by atoms with van der Waals surface area (Å²) in [6, 6.07) is 14.7. The number of likely N-dealkylation sites (N-methyl/N-ethyl adjacent to an activating group) is 1. The van der Waals surface area contributed by atoms with Crippen molar-refractivity contribution in [2.75, 3.05) is 20.2 Å². The molecule has 0 aliphatic rings. The molecule has 3 aromatic rings. The van der Waals surface area contributed by atoms with Gasteiger partial charge in [-0.2, -0.15) is 5.10 Å². The van der Waals surface area contributed by atoms with Crippen LogP contribution in [0.1, 0.15) is 35.9 Å². The highest BCUT2D eigenvalue weighted by Gasteiger charge is 2.20. The Labute approximate surface area is 164 Å². The van der Waals surface area contributed by atoms with Crippen LogP contribution in [0.3, 0.4) is 0 Å². The monoisotopic (exact) mass is 379 g/mol. The highest BCUT2D eigenvalue weighted by Crippen LogP contribution is 2.17. The van der Waals surface area contributed by atoms with Crippen LogP contribution in [0.5, 0.6) is 5.75 Å². The number of fused-ring (bicyclic) bond motifs is 1. The summed E-state index contributed by atoms with van der Waals surface area (Å²) >= 11 is 0. The Morgan fingerprint density at radius 2 is 1.86 bits per heavy atom. The van der Waals surface area contributed by atoms with E-state index in [2.05, 4.69) is 5.10 Å². The summed E-state index contributed by atoms with van der Waals surface area (Å²) in [7, 11) is 1.71. The van der Waals surface area contributed by atoms with Crippen LogP contribution >= 0.6 is 0 Å². The lowest BCUT2D eigenvalue weighted by Crippen LogP contribution is -2.34. The molecule has 0 atom stereocenters. The molecule has 146 valence electrons. The Bertz CT molecular complexity index is 1060. The lowest BCUT2D eigenvalue weighted by molar-refractivity contribution is 0.0767. The third-order valence-electron chi connectivity index (χ3n) is 4.55. The Hall–Kier alpha value is -3.15. The van der Waals surface area contributed by atoms with E-state index in [1.807, 2.05) is 45.0 Å². The van der Waals surface area contributed by atoms with E-state index in [-0.39, 0.29) is 23.2 Å². The van der Waals surface area contributed by atoms with E-state index in [1.165, 1.54) is 4.68 Å². The third-order valence-corrected chi connectivity index (χ3v) is 4.55. The van der Waals surface area contributed by atoms with Crippen LogP contribution < -0.4 is 10.3 Å². The molecule has 0 bridgehead atoms. The van der Waals surface area contributed by atoms with Gasteiger partial charge in [0.1, 0.15) is 12.4 Å². The van der Waals surface area contributed by atoms with Gasteiger partial charge in [-0.25, -0.2) is 4.68 Å². The van der Waals surface area contributed by atoms with E-state index in [9.17, 15) is 9.59 Å². The summed E-state index contributed by atoms with van der Waals surface area (Å²) in [5, 5.41) is 5.44. The van der Waals surface area contributed by atoms with E-state index in [1.54, 1.807) is 36.2 Å². The molecular formula is C22H25N3O3. The van der Waals surface area contributed by atoms with Gasteiger partial charge < -0.3 is 9.64 Å². The van der Waals surface area contributed by atoms with Crippen LogP contribution in [-0.2, 0) is 0 Å². The minimum atomic E-state index is -0.238. The standard InChI is InChI=1S/C22H25N3O3/c1-15(2)25-21(26)19-11-6-5-10-18(19)20(23-25)22(27)24(4)12-13-28-17-9-7-8-16(3)14-17/h5-11,14-15H,12-13H2,1-4H3. The molecule has 0 radical (unpaired) electrons. The van der Waals surface area contributed by atoms with E-state index >= 15 is 0 Å². The Kier molecular flexibility index (Phi) is 5.78. The van der Waals surface area contributed by atoms with Crippen molar-refractivity contribution < 1.29 is 9.53 Å². The van der Waals surface area contributed by atoms with Crippen molar-refractivity contribution in [2.24, 2.45) is 0 Å². The molecule has 3 rings (SSSR count). The first-order valence-electron chi connectivity index (χ1n) is 9.35. The second-order valence-corrected chi connectivity index (χ2v) is 7.13. The number of nitrogens with zero attached hydrogens (tertiary/aromatic N) is 3. The maximum atomic E-state index is 13.0. The van der Waals surface area contributed by atoms with Gasteiger partial charge in [-0.1, -0.05) is 30.3 Å². The summed E-state index contributed by atoms with van der Waals surface area (Å²) in [5.74, 6) is 0.538. The van der Waals surface area contributed by atoms with E-state index in [0.717, 1.165) is 11.3 Å². The third kappa shape index (κ3) is 4.06. The molecule has 1 heterocycles. The molecule has 0 N–H and O–H groups in total. The molecule has 2 aromatic carbocycles. The van der Waals surface area contributed by atoms with Crippen molar-refractivity contribution in [2.45, 2.75) is 26.8 Å². The average Bonchev–Trinajstić information content (AvgIpc) is 2.67. The SMILES string of the molecule is Cc1cccc(OCCN(C)C(=O)c2nn(C(C)C)c(=O)c3ccccc23)c1. The number of carbonyl (C=O) groups is 1. The number of amides is 1. The molecule has 0 aliphatic heterocycles. The maximum Gasteiger partial charge on any atom is 0.274 e. The second kappa shape index (κ2) is 8.25. The van der Waals surface area contributed by atoms with Crippen LogP contribution in [0.25, 0.3) is 10.8 Å². The zero-order valence-corrected chi connectivity index (χ0v) is 16.7. The van der Waals surface area contributed by atoms with Gasteiger partial charge in [0.25, 0.3) is 11.5 Å². The highest BCUT2D eigenvalue weighted by atomic mass is 16.5. The van der Waals surface area contributed by atoms with Gasteiger partial charge >= 0.3 is 0 Å². The Morgan fingerprint density at radius 3 is 2.54 bits per heavy atom. The van der Waals surface area contributed by atoms with Gasteiger partial charge in [0, 0.05) is 12.4 Å². The van der Waals surface area contributed by atoms with Gasteiger partial charge in [0.05, 0.1) is 18.0 Å². The smallest absolute Gasteiger partial charge is 0.274 e. The van der Waals surface area contributed by atoms with Crippen molar-refractivity contribution >= 4 is 16.7 Å². The van der Waals surface area contributed by atoms with Crippen LogP contribution in [0.4, 0.5) is 0 Å². The lowest BCUT2D eigenvalue weighted by atomic mass is 10.1. The van der Waals surface area contributed by atoms with Gasteiger partial charge in [0.2, 0.25) is 0 Å². The van der Waals surface area contributed by atoms with Gasteiger partial charge in [-0.15, -0.1) is 0 Å². The first-order chi connectivity index (χ1) is 13.4. The van der Waals surface area contributed by atoms with E-state index in [0.29, 0.717) is 23.9 Å². The van der Waals surface area contributed by atoms with Gasteiger partial charge in [0.15, 0.2) is 5.69 Å². The molecule has 0 fully saturated rings. The predicted molar refractivity (Wildman–Crippen MR) is 110 cm³/mol. The van der Waals surface area contributed by atoms with Crippen molar-refractivity contribution in [1.29, 1.82) is 0 Å². The fourth-order valence-electron chi connectivity index (χ4n) is 3.00. The average molecular weight is 379 g/mol. The number of aromatic nitrogens is 2. The molecule has 28 heavy (non-hydrogen) atoms. The van der Waals surface area contributed by atoms with E-state index < -0.39 is 0 Å². The van der Waals surface area contributed by atoms with Gasteiger partial charge in [-0.3, -0.25) is 9.59 Å². The normalized spacial score (nSPS) is 11.0. The van der Waals surface area contributed by atoms with Crippen LogP contribution in [-0.4, -0.2) is 40.8 Å². The summed E-state index contributed by atoms with van der Waals surface area (Å²) in [6.07, 6.45) is 0. The maximum absolute atomic E-state index is 13.0. The van der Waals surface area contributed by atoms with Gasteiger partial charge in [-0.05, 0) is 44.5 Å². The summed E-state index contributed by atoms with van der Waals surface area (Å²) in [4.78, 5) is 27.2. The largest absolute Gasteiger partial charge is 0.492 e. The van der Waals surface area contributed by atoms with Crippen molar-refractivity contribution in [3.05, 3.63) is 70.1 Å². The topological polar surface area (TPSA) is 64.4 Å². The fraction of sp³-hybridized carbons (Fsp3) is 0.318. The van der Waals surface area contributed by atoms with E-state index in [4.69, 9.17) is 4.74 Å². The molecule has 6 nitrogen and oxygen atoms in total. The summed E-state index contributed by atoms with van der Waals surface area (Å²) in [5.41, 5.74) is 1.21. The molecule has 6 heteroatoms. The van der Waals surface area contributed by atoms with Crippen molar-refractivity contribution in [3.8, 4) is 5.75 Å². The molecule has 1 amide bonds. The number of ether oxygens (including phenoxy) is 1. The first-order valence-corrected chi connectivity index (χ1v) is 9.35. The fourth-order valence-corrected chi connectivity index (χ4v) is 3.00. The van der Waals surface area contributed by atoms with Crippen LogP contribution in [0, 0.1) is 6.92 Å². The zero-order valence-electron chi connectivity index (χ0n) is 16.7. The van der Waals surface area contributed by atoms with Crippen molar-refractivity contribution in [1.82, 2.24) is 14.7 Å². The number of rotatable bonds is 6. The molecule has 0 saturated heterocycles. The highest BCUT2D eigenvalue weighted by molar-refractivity contribution is 6.04. The molecule has 0 saturated carbocycles.